The minimum Gasteiger partial charge on any atom is -0.271 e. The molecule has 0 heterocycles. The molecule has 2 unspecified atom stereocenters. The molecular formula is C13H22N2S. The molecule has 0 bridgehead atoms. The first-order valence-corrected chi connectivity index (χ1v) is 6.92. The summed E-state index contributed by atoms with van der Waals surface area (Å²) >= 11 is 1.99. The lowest BCUT2D eigenvalue weighted by Crippen LogP contribution is -2.39. The van der Waals surface area contributed by atoms with Gasteiger partial charge in [0.05, 0.1) is 0 Å². The van der Waals surface area contributed by atoms with Gasteiger partial charge >= 0.3 is 0 Å². The summed E-state index contributed by atoms with van der Waals surface area (Å²) < 4.78 is 0. The number of hydrazine groups is 1. The Bertz CT molecular complexity index is 277. The van der Waals surface area contributed by atoms with Crippen LogP contribution in [-0.2, 0) is 6.42 Å². The molecule has 0 amide bonds. The van der Waals surface area contributed by atoms with E-state index in [9.17, 15) is 0 Å². The van der Waals surface area contributed by atoms with Crippen LogP contribution >= 0.6 is 11.8 Å². The number of benzene rings is 1. The van der Waals surface area contributed by atoms with E-state index in [1.54, 1.807) is 0 Å². The number of thioether (sulfide) groups is 1. The monoisotopic (exact) mass is 238 g/mol. The highest BCUT2D eigenvalue weighted by molar-refractivity contribution is 7.99. The largest absolute Gasteiger partial charge is 0.271 e. The van der Waals surface area contributed by atoms with Crippen LogP contribution in [0.2, 0.25) is 0 Å². The van der Waals surface area contributed by atoms with E-state index in [1.807, 2.05) is 17.8 Å². The average Bonchev–Trinajstić information content (AvgIpc) is 2.35. The van der Waals surface area contributed by atoms with Gasteiger partial charge in [0.15, 0.2) is 0 Å². The Balaban J connectivity index is 2.37. The Kier molecular flexibility index (Phi) is 6.53. The summed E-state index contributed by atoms with van der Waals surface area (Å²) in [6.45, 7) is 4.49. The molecule has 1 rings (SSSR count). The fraction of sp³-hybridized carbons (Fsp3) is 0.538. The SMILES string of the molecule is CCC(C)SCC(Cc1ccccc1)NN. The van der Waals surface area contributed by atoms with Crippen LogP contribution in [0.3, 0.4) is 0 Å². The molecule has 0 fully saturated rings. The third-order valence-electron chi connectivity index (χ3n) is 2.72. The lowest BCUT2D eigenvalue weighted by atomic mass is 10.1. The van der Waals surface area contributed by atoms with E-state index in [-0.39, 0.29) is 0 Å². The molecule has 0 aromatic heterocycles. The Hall–Kier alpha value is -0.510. The fourth-order valence-corrected chi connectivity index (χ4v) is 2.47. The zero-order chi connectivity index (χ0) is 11.8. The highest BCUT2D eigenvalue weighted by atomic mass is 32.2. The second-order valence-electron chi connectivity index (χ2n) is 4.11. The molecule has 16 heavy (non-hydrogen) atoms. The van der Waals surface area contributed by atoms with Gasteiger partial charge < -0.3 is 0 Å². The Labute approximate surface area is 103 Å². The van der Waals surface area contributed by atoms with Gasteiger partial charge in [-0.25, -0.2) is 0 Å². The third kappa shape index (κ3) is 5.01. The second kappa shape index (κ2) is 7.71. The third-order valence-corrected chi connectivity index (χ3v) is 4.21. The second-order valence-corrected chi connectivity index (χ2v) is 5.58. The van der Waals surface area contributed by atoms with Crippen LogP contribution in [-0.4, -0.2) is 17.0 Å². The average molecular weight is 238 g/mol. The lowest BCUT2D eigenvalue weighted by Gasteiger charge is -2.17. The summed E-state index contributed by atoms with van der Waals surface area (Å²) in [6.07, 6.45) is 2.22. The first kappa shape index (κ1) is 13.6. The summed E-state index contributed by atoms with van der Waals surface area (Å²) in [4.78, 5) is 0. The fourth-order valence-electron chi connectivity index (χ4n) is 1.46. The molecule has 0 saturated heterocycles. The molecule has 0 aliphatic rings. The smallest absolute Gasteiger partial charge is 0.0341 e. The molecule has 0 spiro atoms. The molecule has 3 heteroatoms. The van der Waals surface area contributed by atoms with Gasteiger partial charge in [0.2, 0.25) is 0 Å². The van der Waals surface area contributed by atoms with E-state index in [4.69, 9.17) is 5.84 Å². The molecule has 0 radical (unpaired) electrons. The van der Waals surface area contributed by atoms with Crippen LogP contribution in [0, 0.1) is 0 Å². The van der Waals surface area contributed by atoms with Gasteiger partial charge in [-0.3, -0.25) is 11.3 Å². The molecule has 2 nitrogen and oxygen atoms in total. The molecule has 0 saturated carbocycles. The lowest BCUT2D eigenvalue weighted by molar-refractivity contribution is 0.574. The number of nitrogens with two attached hydrogens (primary N) is 1. The summed E-state index contributed by atoms with van der Waals surface area (Å²) in [7, 11) is 0. The van der Waals surface area contributed by atoms with E-state index in [2.05, 4.69) is 43.5 Å². The minimum atomic E-state index is 0.362. The number of hydrogen-bond donors (Lipinski definition) is 2. The summed E-state index contributed by atoms with van der Waals surface area (Å²) in [5, 5.41) is 0.714. The van der Waals surface area contributed by atoms with Gasteiger partial charge in [-0.1, -0.05) is 44.2 Å². The molecule has 0 aliphatic heterocycles. The van der Waals surface area contributed by atoms with E-state index in [0.29, 0.717) is 11.3 Å². The van der Waals surface area contributed by atoms with Crippen molar-refractivity contribution in [2.45, 2.75) is 38.0 Å². The molecule has 0 aliphatic carbocycles. The maximum Gasteiger partial charge on any atom is 0.0341 e. The quantitative estimate of drug-likeness (QED) is 0.566. The predicted molar refractivity (Wildman–Crippen MR) is 73.5 cm³/mol. The van der Waals surface area contributed by atoms with Crippen LogP contribution in [0.5, 0.6) is 0 Å². The van der Waals surface area contributed by atoms with Gasteiger partial charge in [0.1, 0.15) is 0 Å². The highest BCUT2D eigenvalue weighted by Crippen LogP contribution is 2.16. The van der Waals surface area contributed by atoms with Gasteiger partial charge in [-0.15, -0.1) is 0 Å². The number of nitrogens with one attached hydrogen (secondary N) is 1. The van der Waals surface area contributed by atoms with Crippen LogP contribution in [0.4, 0.5) is 0 Å². The molecule has 1 aromatic rings. The van der Waals surface area contributed by atoms with Gasteiger partial charge in [0.25, 0.3) is 0 Å². The maximum absolute atomic E-state index is 5.58. The summed E-state index contributed by atoms with van der Waals surface area (Å²) in [5.74, 6) is 6.65. The first-order chi connectivity index (χ1) is 7.76. The molecule has 90 valence electrons. The van der Waals surface area contributed by atoms with Gasteiger partial charge in [-0.05, 0) is 18.4 Å². The van der Waals surface area contributed by atoms with E-state index >= 15 is 0 Å². The molecule has 2 atom stereocenters. The van der Waals surface area contributed by atoms with Gasteiger partial charge in [-0.2, -0.15) is 11.8 Å². The van der Waals surface area contributed by atoms with E-state index in [1.165, 1.54) is 12.0 Å². The first-order valence-electron chi connectivity index (χ1n) is 5.88. The summed E-state index contributed by atoms with van der Waals surface area (Å²) in [5.41, 5.74) is 4.25. The van der Waals surface area contributed by atoms with Crippen molar-refractivity contribution in [1.82, 2.24) is 5.43 Å². The van der Waals surface area contributed by atoms with Gasteiger partial charge in [0, 0.05) is 17.0 Å². The van der Waals surface area contributed by atoms with Crippen molar-refractivity contribution in [3.05, 3.63) is 35.9 Å². The topological polar surface area (TPSA) is 38.0 Å². The standard InChI is InChI=1S/C13H22N2S/c1-3-11(2)16-10-13(15-14)9-12-7-5-4-6-8-12/h4-8,11,13,15H,3,9-10,14H2,1-2H3. The van der Waals surface area contributed by atoms with Crippen molar-refractivity contribution in [1.29, 1.82) is 0 Å². The van der Waals surface area contributed by atoms with Crippen molar-refractivity contribution < 1.29 is 0 Å². The van der Waals surface area contributed by atoms with Crippen molar-refractivity contribution in [3.63, 3.8) is 0 Å². The van der Waals surface area contributed by atoms with Crippen LogP contribution < -0.4 is 11.3 Å². The normalized spacial score (nSPS) is 14.7. The van der Waals surface area contributed by atoms with Crippen molar-refractivity contribution in [2.24, 2.45) is 5.84 Å². The van der Waals surface area contributed by atoms with Crippen LogP contribution in [0.1, 0.15) is 25.8 Å². The van der Waals surface area contributed by atoms with E-state index in [0.717, 1.165) is 12.2 Å². The maximum atomic E-state index is 5.58. The van der Waals surface area contributed by atoms with Crippen molar-refractivity contribution >= 4 is 11.8 Å². The zero-order valence-corrected chi connectivity index (χ0v) is 11.0. The highest BCUT2D eigenvalue weighted by Gasteiger charge is 2.09. The van der Waals surface area contributed by atoms with Crippen LogP contribution in [0.15, 0.2) is 30.3 Å². The minimum absolute atomic E-state index is 0.362. The molecule has 1 aromatic carbocycles. The predicted octanol–water partition coefficient (Wildman–Crippen LogP) is 2.59. The molecule has 3 N–H and O–H groups in total. The summed E-state index contributed by atoms with van der Waals surface area (Å²) in [6, 6.07) is 10.9. The number of rotatable bonds is 7. The van der Waals surface area contributed by atoms with Crippen molar-refractivity contribution in [2.75, 3.05) is 5.75 Å². The Morgan fingerprint density at radius 1 is 1.31 bits per heavy atom. The number of hydrogen-bond acceptors (Lipinski definition) is 3. The van der Waals surface area contributed by atoms with E-state index < -0.39 is 0 Å². The van der Waals surface area contributed by atoms with Crippen LogP contribution in [0.25, 0.3) is 0 Å². The molecular weight excluding hydrogens is 216 g/mol. The Morgan fingerprint density at radius 3 is 2.56 bits per heavy atom. The Morgan fingerprint density at radius 2 is 2.00 bits per heavy atom. The zero-order valence-electron chi connectivity index (χ0n) is 10.1. The van der Waals surface area contributed by atoms with Crippen molar-refractivity contribution in [3.8, 4) is 0 Å².